The Labute approximate surface area is 114 Å². The van der Waals surface area contributed by atoms with Gasteiger partial charge in [0.15, 0.2) is 0 Å². The number of aliphatic hydroxyl groups excluding tert-OH is 1. The highest BCUT2D eigenvalue weighted by Crippen LogP contribution is 2.40. The molecule has 2 rings (SSSR count). The molecule has 1 saturated carbocycles. The van der Waals surface area contributed by atoms with E-state index < -0.39 is 17.8 Å². The quantitative estimate of drug-likeness (QED) is 0.881. The van der Waals surface area contributed by atoms with Gasteiger partial charge in [-0.1, -0.05) is 29.8 Å². The van der Waals surface area contributed by atoms with Gasteiger partial charge in [0.25, 0.3) is 5.91 Å². The number of nitrogens with one attached hydrogen (secondary N) is 1. The van der Waals surface area contributed by atoms with E-state index in [1.807, 2.05) is 13.8 Å². The van der Waals surface area contributed by atoms with Crippen molar-refractivity contribution in [3.63, 3.8) is 0 Å². The zero-order chi connectivity index (χ0) is 13.5. The first kappa shape index (κ1) is 13.5. The summed E-state index contributed by atoms with van der Waals surface area (Å²) in [4.78, 5) is 12.0. The van der Waals surface area contributed by atoms with Crippen LogP contribution in [-0.4, -0.2) is 23.2 Å². The molecule has 1 aliphatic rings. The van der Waals surface area contributed by atoms with E-state index in [-0.39, 0.29) is 17.0 Å². The minimum Gasteiger partial charge on any atom is -0.392 e. The highest BCUT2D eigenvalue weighted by atomic mass is 79.9. The Hall–Kier alpha value is -0.940. The van der Waals surface area contributed by atoms with Crippen LogP contribution in [0.5, 0.6) is 0 Å². The molecule has 1 aromatic rings. The molecule has 5 heteroatoms. The van der Waals surface area contributed by atoms with Crippen molar-refractivity contribution in [3.8, 4) is 0 Å². The molecule has 0 saturated heterocycles. The Kier molecular flexibility index (Phi) is 3.47. The number of amides is 1. The number of hydrogen-bond acceptors (Lipinski definition) is 2. The van der Waals surface area contributed by atoms with Gasteiger partial charge in [0.1, 0.15) is 5.82 Å². The molecule has 0 aromatic heterocycles. The van der Waals surface area contributed by atoms with Crippen LogP contribution < -0.4 is 5.32 Å². The Bertz CT molecular complexity index is 490. The first-order chi connectivity index (χ1) is 8.32. The highest BCUT2D eigenvalue weighted by Gasteiger charge is 2.48. The number of halogens is 2. The van der Waals surface area contributed by atoms with Gasteiger partial charge in [-0.2, -0.15) is 0 Å². The predicted molar refractivity (Wildman–Crippen MR) is 69.8 cm³/mol. The zero-order valence-corrected chi connectivity index (χ0v) is 11.8. The van der Waals surface area contributed by atoms with Gasteiger partial charge < -0.3 is 10.4 Å². The molecule has 0 radical (unpaired) electrons. The third-order valence-corrected chi connectivity index (χ3v) is 4.19. The van der Waals surface area contributed by atoms with Crippen LogP contribution in [0.25, 0.3) is 0 Å². The van der Waals surface area contributed by atoms with Crippen molar-refractivity contribution in [1.82, 2.24) is 5.32 Å². The summed E-state index contributed by atoms with van der Waals surface area (Å²) in [7, 11) is 0. The van der Waals surface area contributed by atoms with Crippen molar-refractivity contribution >= 4 is 21.8 Å². The van der Waals surface area contributed by atoms with E-state index in [1.165, 1.54) is 12.1 Å². The number of rotatable bonds is 2. The van der Waals surface area contributed by atoms with Gasteiger partial charge in [-0.3, -0.25) is 4.79 Å². The van der Waals surface area contributed by atoms with Crippen molar-refractivity contribution in [2.45, 2.75) is 32.4 Å². The van der Waals surface area contributed by atoms with E-state index in [1.54, 1.807) is 6.07 Å². The maximum absolute atomic E-state index is 13.5. The summed E-state index contributed by atoms with van der Waals surface area (Å²) in [6, 6.07) is 4.12. The maximum Gasteiger partial charge on any atom is 0.254 e. The number of aliphatic hydroxyl groups is 1. The normalized spacial score (nSPS) is 25.4. The molecule has 18 heavy (non-hydrogen) atoms. The lowest BCUT2D eigenvalue weighted by Gasteiger charge is -2.49. The Morgan fingerprint density at radius 3 is 2.78 bits per heavy atom. The molecule has 0 heterocycles. The molecule has 0 unspecified atom stereocenters. The second-order valence-electron chi connectivity index (χ2n) is 5.22. The number of carbonyl (C=O) groups excluding carboxylic acids is 1. The lowest BCUT2D eigenvalue weighted by molar-refractivity contribution is -0.0689. The smallest absolute Gasteiger partial charge is 0.254 e. The van der Waals surface area contributed by atoms with E-state index in [4.69, 9.17) is 0 Å². The average Bonchev–Trinajstić information content (AvgIpc) is 2.31. The average molecular weight is 316 g/mol. The lowest BCUT2D eigenvalue weighted by atomic mass is 9.64. The SMILES string of the molecule is CC1(C)[C@@H](NC(=O)c2cc(Br)ccc2F)C[C@@H]1O. The minimum absolute atomic E-state index is 0.0153. The molecule has 1 aromatic carbocycles. The van der Waals surface area contributed by atoms with Gasteiger partial charge in [0, 0.05) is 15.9 Å². The highest BCUT2D eigenvalue weighted by molar-refractivity contribution is 9.10. The zero-order valence-electron chi connectivity index (χ0n) is 10.2. The third-order valence-electron chi connectivity index (χ3n) is 3.69. The van der Waals surface area contributed by atoms with Crippen LogP contribution in [0.4, 0.5) is 4.39 Å². The van der Waals surface area contributed by atoms with Crippen molar-refractivity contribution in [2.75, 3.05) is 0 Å². The number of carbonyl (C=O) groups is 1. The molecular formula is C13H15BrFNO2. The molecule has 3 nitrogen and oxygen atoms in total. The molecule has 0 aliphatic heterocycles. The predicted octanol–water partition coefficient (Wildman–Crippen LogP) is 2.48. The number of hydrogen-bond donors (Lipinski definition) is 2. The van der Waals surface area contributed by atoms with Crippen LogP contribution in [0.3, 0.4) is 0 Å². The first-order valence-electron chi connectivity index (χ1n) is 5.76. The van der Waals surface area contributed by atoms with Crippen LogP contribution in [0, 0.1) is 11.2 Å². The summed E-state index contributed by atoms with van der Waals surface area (Å²) in [6.07, 6.45) is 0.0871. The van der Waals surface area contributed by atoms with Gasteiger partial charge in [0.2, 0.25) is 0 Å². The van der Waals surface area contributed by atoms with Gasteiger partial charge in [-0.25, -0.2) is 4.39 Å². The Morgan fingerprint density at radius 1 is 1.56 bits per heavy atom. The maximum atomic E-state index is 13.5. The topological polar surface area (TPSA) is 49.3 Å². The second-order valence-corrected chi connectivity index (χ2v) is 6.14. The number of benzene rings is 1. The van der Waals surface area contributed by atoms with Crippen LogP contribution in [0.2, 0.25) is 0 Å². The standard InChI is InChI=1S/C13H15BrFNO2/c1-13(2)10(6-11(13)17)16-12(18)8-5-7(14)3-4-9(8)15/h3-5,10-11,17H,6H2,1-2H3,(H,16,18)/t10-,11-/m0/s1. The van der Waals surface area contributed by atoms with Crippen LogP contribution in [0.15, 0.2) is 22.7 Å². The Balaban J connectivity index is 2.12. The summed E-state index contributed by atoms with van der Waals surface area (Å²) in [5, 5.41) is 12.4. The minimum atomic E-state index is -0.548. The summed E-state index contributed by atoms with van der Waals surface area (Å²) in [5.74, 6) is -0.993. The molecule has 0 bridgehead atoms. The summed E-state index contributed by atoms with van der Waals surface area (Å²) < 4.78 is 14.2. The monoisotopic (exact) mass is 315 g/mol. The molecule has 1 aliphatic carbocycles. The van der Waals surface area contributed by atoms with Gasteiger partial charge in [-0.05, 0) is 24.6 Å². The van der Waals surface area contributed by atoms with Crippen molar-refractivity contribution in [1.29, 1.82) is 0 Å². The van der Waals surface area contributed by atoms with E-state index in [0.717, 1.165) is 0 Å². The fourth-order valence-corrected chi connectivity index (χ4v) is 2.42. The van der Waals surface area contributed by atoms with E-state index in [9.17, 15) is 14.3 Å². The van der Waals surface area contributed by atoms with Crippen LogP contribution in [0.1, 0.15) is 30.6 Å². The summed E-state index contributed by atoms with van der Waals surface area (Å²) >= 11 is 3.21. The molecule has 1 amide bonds. The molecule has 1 fully saturated rings. The van der Waals surface area contributed by atoms with Gasteiger partial charge >= 0.3 is 0 Å². The van der Waals surface area contributed by atoms with E-state index in [0.29, 0.717) is 10.9 Å². The Morgan fingerprint density at radius 2 is 2.22 bits per heavy atom. The van der Waals surface area contributed by atoms with Crippen LogP contribution >= 0.6 is 15.9 Å². The van der Waals surface area contributed by atoms with Gasteiger partial charge in [-0.15, -0.1) is 0 Å². The second kappa shape index (κ2) is 4.63. The fraction of sp³-hybridized carbons (Fsp3) is 0.462. The molecule has 2 N–H and O–H groups in total. The summed E-state index contributed by atoms with van der Waals surface area (Å²) in [6.45, 7) is 3.76. The molecule has 98 valence electrons. The molecular weight excluding hydrogens is 301 g/mol. The molecule has 2 atom stereocenters. The third kappa shape index (κ3) is 2.29. The lowest BCUT2D eigenvalue weighted by Crippen LogP contribution is -2.61. The first-order valence-corrected chi connectivity index (χ1v) is 6.55. The van der Waals surface area contributed by atoms with E-state index >= 15 is 0 Å². The molecule has 0 spiro atoms. The summed E-state index contributed by atoms with van der Waals surface area (Å²) in [5.41, 5.74) is -0.348. The van der Waals surface area contributed by atoms with E-state index in [2.05, 4.69) is 21.2 Å². The van der Waals surface area contributed by atoms with Crippen molar-refractivity contribution in [3.05, 3.63) is 34.1 Å². The fourth-order valence-electron chi connectivity index (χ4n) is 2.05. The largest absolute Gasteiger partial charge is 0.392 e. The van der Waals surface area contributed by atoms with Crippen LogP contribution in [-0.2, 0) is 0 Å². The van der Waals surface area contributed by atoms with Gasteiger partial charge in [0.05, 0.1) is 11.7 Å². The van der Waals surface area contributed by atoms with Crippen molar-refractivity contribution in [2.24, 2.45) is 5.41 Å². The van der Waals surface area contributed by atoms with Crippen molar-refractivity contribution < 1.29 is 14.3 Å².